The largest absolute Gasteiger partial charge is 0.457 e. The number of fused-ring (bicyclic) bond motifs is 2. The lowest BCUT2D eigenvalue weighted by Gasteiger charge is -2.13. The van der Waals surface area contributed by atoms with Crippen LogP contribution >= 0.6 is 0 Å². The van der Waals surface area contributed by atoms with E-state index >= 15 is 0 Å². The number of benzene rings is 2. The van der Waals surface area contributed by atoms with E-state index in [2.05, 4.69) is 47.8 Å². The Labute approximate surface area is 213 Å². The summed E-state index contributed by atoms with van der Waals surface area (Å²) in [6, 6.07) is 14.9. The molecule has 5 aromatic rings. The summed E-state index contributed by atoms with van der Waals surface area (Å²) >= 11 is 0. The number of aryl methyl sites for hydroxylation is 1. The predicted molar refractivity (Wildman–Crippen MR) is 142 cm³/mol. The normalized spacial score (nSPS) is 10.6. The highest BCUT2D eigenvalue weighted by atomic mass is 16.5. The summed E-state index contributed by atoms with van der Waals surface area (Å²) in [6.07, 6.45) is 5.40. The lowest BCUT2D eigenvalue weighted by Crippen LogP contribution is -2.09. The molecule has 3 aromatic heterocycles. The van der Waals surface area contributed by atoms with Crippen LogP contribution in [-0.2, 0) is 4.79 Å². The van der Waals surface area contributed by atoms with Gasteiger partial charge in [-0.1, -0.05) is 5.92 Å². The fraction of sp³-hybridized carbons (Fsp3) is 0.148. The van der Waals surface area contributed by atoms with Gasteiger partial charge in [0.1, 0.15) is 30.0 Å². The van der Waals surface area contributed by atoms with Gasteiger partial charge in [-0.05, 0) is 67.9 Å². The van der Waals surface area contributed by atoms with Crippen molar-refractivity contribution >= 4 is 39.6 Å². The number of amides is 1. The number of nitrogens with zero attached hydrogens (tertiary/aromatic N) is 5. The molecular formula is C27H24N8O2. The lowest BCUT2D eigenvalue weighted by atomic mass is 10.1. The van der Waals surface area contributed by atoms with E-state index < -0.39 is 0 Å². The average molecular weight is 493 g/mol. The van der Waals surface area contributed by atoms with Crippen molar-refractivity contribution in [2.75, 3.05) is 24.2 Å². The van der Waals surface area contributed by atoms with Gasteiger partial charge in [0.05, 0.1) is 5.52 Å². The first kappa shape index (κ1) is 23.7. The SMILES string of the molecule is CNCCC#CC(=O)Nc1ccc2ncnc(Nc3ccc(Oc4ccn5ncnc5c4)c(C)c3)c2c1. The quantitative estimate of drug-likeness (QED) is 0.230. The number of anilines is 3. The Hall–Kier alpha value is -5.01. The van der Waals surface area contributed by atoms with Gasteiger partial charge in [0, 0.05) is 42.0 Å². The van der Waals surface area contributed by atoms with E-state index in [0.29, 0.717) is 29.3 Å². The Morgan fingerprint density at radius 2 is 1.92 bits per heavy atom. The zero-order valence-electron chi connectivity index (χ0n) is 20.3. The first-order chi connectivity index (χ1) is 18.1. The van der Waals surface area contributed by atoms with Crippen LogP contribution in [0.3, 0.4) is 0 Å². The molecule has 0 saturated carbocycles. The molecule has 0 spiro atoms. The maximum atomic E-state index is 12.2. The van der Waals surface area contributed by atoms with Crippen molar-refractivity contribution in [2.45, 2.75) is 13.3 Å². The highest BCUT2D eigenvalue weighted by Crippen LogP contribution is 2.30. The van der Waals surface area contributed by atoms with Gasteiger partial charge < -0.3 is 20.7 Å². The summed E-state index contributed by atoms with van der Waals surface area (Å²) in [4.78, 5) is 25.1. The highest BCUT2D eigenvalue weighted by Gasteiger charge is 2.09. The van der Waals surface area contributed by atoms with Gasteiger partial charge in [0.25, 0.3) is 5.91 Å². The molecule has 0 aliphatic heterocycles. The summed E-state index contributed by atoms with van der Waals surface area (Å²) in [7, 11) is 1.84. The van der Waals surface area contributed by atoms with Crippen molar-refractivity contribution in [1.29, 1.82) is 0 Å². The third kappa shape index (κ3) is 5.63. The molecule has 2 aromatic carbocycles. The second-order valence-corrected chi connectivity index (χ2v) is 8.20. The topological polar surface area (TPSA) is 118 Å². The van der Waals surface area contributed by atoms with Crippen molar-refractivity contribution in [1.82, 2.24) is 29.9 Å². The van der Waals surface area contributed by atoms with Gasteiger partial charge in [-0.3, -0.25) is 4.79 Å². The number of carbonyl (C=O) groups is 1. The second kappa shape index (κ2) is 10.7. The maximum Gasteiger partial charge on any atom is 0.300 e. The third-order valence-corrected chi connectivity index (χ3v) is 5.51. The van der Waals surface area contributed by atoms with Gasteiger partial charge in [-0.25, -0.2) is 19.5 Å². The van der Waals surface area contributed by atoms with Crippen LogP contribution in [-0.4, -0.2) is 44.1 Å². The maximum absolute atomic E-state index is 12.2. The number of rotatable bonds is 7. The number of ether oxygens (including phenoxy) is 1. The van der Waals surface area contributed by atoms with E-state index in [4.69, 9.17) is 4.74 Å². The molecule has 3 N–H and O–H groups in total. The predicted octanol–water partition coefficient (Wildman–Crippen LogP) is 4.07. The Bertz CT molecular complexity index is 1650. The molecule has 0 unspecified atom stereocenters. The Kier molecular flexibility index (Phi) is 6.87. The molecular weight excluding hydrogens is 468 g/mol. The van der Waals surface area contributed by atoms with E-state index in [1.54, 1.807) is 16.8 Å². The molecule has 0 radical (unpaired) electrons. The summed E-state index contributed by atoms with van der Waals surface area (Å²) in [5.74, 6) is 7.09. The molecule has 5 rings (SSSR count). The van der Waals surface area contributed by atoms with Crippen molar-refractivity contribution in [3.05, 3.63) is 72.9 Å². The Balaban J connectivity index is 1.33. The van der Waals surface area contributed by atoms with Crippen molar-refractivity contribution < 1.29 is 9.53 Å². The third-order valence-electron chi connectivity index (χ3n) is 5.51. The van der Waals surface area contributed by atoms with Crippen molar-refractivity contribution in [3.63, 3.8) is 0 Å². The fourth-order valence-electron chi connectivity index (χ4n) is 3.69. The van der Waals surface area contributed by atoms with E-state index in [1.165, 1.54) is 12.7 Å². The number of pyridine rings is 1. The molecule has 0 atom stereocenters. The number of nitrogens with one attached hydrogen (secondary N) is 3. The van der Waals surface area contributed by atoms with E-state index in [1.807, 2.05) is 56.4 Å². The molecule has 0 aliphatic carbocycles. The van der Waals surface area contributed by atoms with Crippen LogP contribution in [0.2, 0.25) is 0 Å². The summed E-state index contributed by atoms with van der Waals surface area (Å²) in [6.45, 7) is 2.70. The zero-order valence-corrected chi connectivity index (χ0v) is 20.3. The van der Waals surface area contributed by atoms with Crippen LogP contribution in [0.4, 0.5) is 17.2 Å². The van der Waals surface area contributed by atoms with E-state index in [9.17, 15) is 4.79 Å². The average Bonchev–Trinajstić information content (AvgIpc) is 3.37. The van der Waals surface area contributed by atoms with Gasteiger partial charge in [0.2, 0.25) is 0 Å². The molecule has 10 heteroatoms. The van der Waals surface area contributed by atoms with Gasteiger partial charge in [0.15, 0.2) is 5.65 Å². The van der Waals surface area contributed by atoms with Gasteiger partial charge in [-0.2, -0.15) is 5.10 Å². The minimum absolute atomic E-state index is 0.365. The van der Waals surface area contributed by atoms with Gasteiger partial charge in [-0.15, -0.1) is 0 Å². The summed E-state index contributed by atoms with van der Waals surface area (Å²) in [5, 5.41) is 14.0. The lowest BCUT2D eigenvalue weighted by molar-refractivity contribution is -0.111. The van der Waals surface area contributed by atoms with Crippen LogP contribution in [0.5, 0.6) is 11.5 Å². The molecule has 0 saturated heterocycles. The zero-order chi connectivity index (χ0) is 25.6. The van der Waals surface area contributed by atoms with E-state index in [-0.39, 0.29) is 5.91 Å². The number of aromatic nitrogens is 5. The first-order valence-corrected chi connectivity index (χ1v) is 11.6. The van der Waals surface area contributed by atoms with E-state index in [0.717, 1.165) is 34.4 Å². The number of carbonyl (C=O) groups excluding carboxylic acids is 1. The van der Waals surface area contributed by atoms with Gasteiger partial charge >= 0.3 is 0 Å². The van der Waals surface area contributed by atoms with Crippen LogP contribution in [0.1, 0.15) is 12.0 Å². The minimum Gasteiger partial charge on any atom is -0.457 e. The van der Waals surface area contributed by atoms with Crippen LogP contribution in [0.25, 0.3) is 16.6 Å². The number of hydrogen-bond acceptors (Lipinski definition) is 8. The smallest absolute Gasteiger partial charge is 0.300 e. The first-order valence-electron chi connectivity index (χ1n) is 11.6. The molecule has 0 aliphatic rings. The summed E-state index contributed by atoms with van der Waals surface area (Å²) in [5.41, 5.74) is 3.84. The molecule has 0 bridgehead atoms. The molecule has 37 heavy (non-hydrogen) atoms. The van der Waals surface area contributed by atoms with Crippen molar-refractivity contribution in [2.24, 2.45) is 0 Å². The molecule has 3 heterocycles. The molecule has 10 nitrogen and oxygen atoms in total. The summed E-state index contributed by atoms with van der Waals surface area (Å²) < 4.78 is 7.74. The number of hydrogen-bond donors (Lipinski definition) is 3. The standard InChI is InChI=1S/C27H24N8O2/c1-18-13-19(7-9-24(18)37-21-10-12-35-25(15-21)30-17-32-35)34-27-22-14-20(6-8-23(22)29-16-31-27)33-26(36)5-3-4-11-28-2/h6-10,12-17,28H,4,11H2,1-2H3,(H,33,36)(H,29,31,34). The van der Waals surface area contributed by atoms with Crippen LogP contribution in [0, 0.1) is 18.8 Å². The highest BCUT2D eigenvalue weighted by molar-refractivity contribution is 6.05. The fourth-order valence-corrected chi connectivity index (χ4v) is 3.69. The van der Waals surface area contributed by atoms with Crippen LogP contribution in [0.15, 0.2) is 67.4 Å². The molecule has 1 amide bonds. The monoisotopic (exact) mass is 492 g/mol. The Morgan fingerprint density at radius 1 is 1.03 bits per heavy atom. The van der Waals surface area contributed by atoms with Crippen LogP contribution < -0.4 is 20.7 Å². The minimum atomic E-state index is -0.365. The molecule has 184 valence electrons. The Morgan fingerprint density at radius 3 is 2.78 bits per heavy atom. The second-order valence-electron chi connectivity index (χ2n) is 8.20. The van der Waals surface area contributed by atoms with Crippen molar-refractivity contribution in [3.8, 4) is 23.3 Å². The molecule has 0 fully saturated rings.